The fraction of sp³-hybridized carbons (Fsp3) is 0.250. The lowest BCUT2D eigenvalue weighted by molar-refractivity contribution is -0.113. The van der Waals surface area contributed by atoms with Crippen molar-refractivity contribution >= 4 is 34.1 Å². The van der Waals surface area contributed by atoms with E-state index in [0.717, 1.165) is 11.3 Å². The Balaban J connectivity index is 1.65. The SMILES string of the molecule is COc1ccc(NC(=O)CSC2=NC(C)(C)N=C2c2ccc(F)cc2)cc1. The molecule has 0 radical (unpaired) electrons. The molecule has 0 saturated carbocycles. The van der Waals surface area contributed by atoms with E-state index in [-0.39, 0.29) is 17.5 Å². The number of aliphatic imine (C=N–C) groups is 2. The number of carbonyl (C=O) groups is 1. The van der Waals surface area contributed by atoms with Crippen LogP contribution in [0.5, 0.6) is 5.75 Å². The Bertz CT molecular complexity index is 890. The van der Waals surface area contributed by atoms with Gasteiger partial charge in [-0.2, -0.15) is 0 Å². The van der Waals surface area contributed by atoms with Gasteiger partial charge in [-0.05, 0) is 62.4 Å². The highest BCUT2D eigenvalue weighted by atomic mass is 32.2. The summed E-state index contributed by atoms with van der Waals surface area (Å²) in [5, 5.41) is 3.52. The third kappa shape index (κ3) is 4.95. The molecule has 0 saturated heterocycles. The molecule has 1 heterocycles. The van der Waals surface area contributed by atoms with Crippen LogP contribution in [-0.2, 0) is 4.79 Å². The van der Waals surface area contributed by atoms with Crippen LogP contribution in [0.1, 0.15) is 19.4 Å². The fourth-order valence-electron chi connectivity index (χ4n) is 2.55. The Morgan fingerprint density at radius 1 is 1.11 bits per heavy atom. The molecule has 1 aliphatic rings. The number of nitrogens with zero attached hydrogens (tertiary/aromatic N) is 2. The monoisotopic (exact) mass is 385 g/mol. The molecule has 27 heavy (non-hydrogen) atoms. The average Bonchev–Trinajstić information content (AvgIpc) is 2.96. The molecule has 0 aromatic heterocycles. The Morgan fingerprint density at radius 3 is 2.41 bits per heavy atom. The van der Waals surface area contributed by atoms with Crippen molar-refractivity contribution in [2.75, 3.05) is 18.2 Å². The number of benzene rings is 2. The number of thioether (sulfide) groups is 1. The average molecular weight is 385 g/mol. The molecule has 2 aromatic rings. The number of rotatable bonds is 5. The lowest BCUT2D eigenvalue weighted by Gasteiger charge is -2.08. The van der Waals surface area contributed by atoms with Crippen LogP contribution in [0.4, 0.5) is 10.1 Å². The number of amides is 1. The van der Waals surface area contributed by atoms with Crippen molar-refractivity contribution in [3.05, 3.63) is 59.9 Å². The van der Waals surface area contributed by atoms with Gasteiger partial charge in [0.15, 0.2) is 0 Å². The minimum absolute atomic E-state index is 0.143. The van der Waals surface area contributed by atoms with Crippen LogP contribution >= 0.6 is 11.8 Å². The van der Waals surface area contributed by atoms with Crippen LogP contribution in [-0.4, -0.2) is 35.2 Å². The molecule has 2 aromatic carbocycles. The number of halogens is 1. The molecule has 0 atom stereocenters. The number of anilines is 1. The second-order valence-electron chi connectivity index (χ2n) is 6.44. The molecule has 0 spiro atoms. The van der Waals surface area contributed by atoms with E-state index in [1.165, 1.54) is 23.9 Å². The minimum Gasteiger partial charge on any atom is -0.497 e. The second kappa shape index (κ2) is 7.92. The maximum atomic E-state index is 13.2. The van der Waals surface area contributed by atoms with Gasteiger partial charge < -0.3 is 10.1 Å². The summed E-state index contributed by atoms with van der Waals surface area (Å²) < 4.78 is 18.3. The van der Waals surface area contributed by atoms with Crippen molar-refractivity contribution < 1.29 is 13.9 Å². The Kier molecular flexibility index (Phi) is 5.60. The lowest BCUT2D eigenvalue weighted by atomic mass is 10.1. The zero-order valence-corrected chi connectivity index (χ0v) is 16.1. The minimum atomic E-state index is -0.599. The summed E-state index contributed by atoms with van der Waals surface area (Å²) >= 11 is 1.32. The first-order valence-corrected chi connectivity index (χ1v) is 9.37. The molecule has 5 nitrogen and oxygen atoms in total. The molecular weight excluding hydrogens is 365 g/mol. The van der Waals surface area contributed by atoms with Crippen LogP contribution in [0.25, 0.3) is 0 Å². The van der Waals surface area contributed by atoms with Crippen molar-refractivity contribution in [3.8, 4) is 5.75 Å². The van der Waals surface area contributed by atoms with Crippen LogP contribution in [0.15, 0.2) is 58.5 Å². The molecule has 0 aliphatic carbocycles. The van der Waals surface area contributed by atoms with Crippen molar-refractivity contribution in [1.29, 1.82) is 0 Å². The Labute approximate surface area is 161 Å². The van der Waals surface area contributed by atoms with Crippen LogP contribution in [0.3, 0.4) is 0 Å². The summed E-state index contributed by atoms with van der Waals surface area (Å²) in [4.78, 5) is 21.5. The molecule has 1 aliphatic heterocycles. The predicted molar refractivity (Wildman–Crippen MR) is 109 cm³/mol. The van der Waals surface area contributed by atoms with Gasteiger partial charge in [-0.15, -0.1) is 0 Å². The van der Waals surface area contributed by atoms with E-state index in [1.54, 1.807) is 43.5 Å². The molecule has 0 unspecified atom stereocenters. The van der Waals surface area contributed by atoms with Gasteiger partial charge in [0.1, 0.15) is 22.3 Å². The maximum Gasteiger partial charge on any atom is 0.234 e. The van der Waals surface area contributed by atoms with Gasteiger partial charge in [0.2, 0.25) is 5.91 Å². The zero-order valence-electron chi connectivity index (χ0n) is 15.3. The Morgan fingerprint density at radius 2 is 1.78 bits per heavy atom. The van der Waals surface area contributed by atoms with Gasteiger partial charge in [0.05, 0.1) is 18.6 Å². The maximum absolute atomic E-state index is 13.2. The smallest absolute Gasteiger partial charge is 0.234 e. The first-order valence-electron chi connectivity index (χ1n) is 8.39. The van der Waals surface area contributed by atoms with Gasteiger partial charge in [-0.3, -0.25) is 9.79 Å². The van der Waals surface area contributed by atoms with Gasteiger partial charge >= 0.3 is 0 Å². The quantitative estimate of drug-likeness (QED) is 0.841. The van der Waals surface area contributed by atoms with Gasteiger partial charge in [-0.25, -0.2) is 9.38 Å². The van der Waals surface area contributed by atoms with E-state index in [2.05, 4.69) is 15.3 Å². The molecule has 140 valence electrons. The van der Waals surface area contributed by atoms with E-state index in [9.17, 15) is 9.18 Å². The first-order chi connectivity index (χ1) is 12.9. The van der Waals surface area contributed by atoms with Gasteiger partial charge in [-0.1, -0.05) is 11.8 Å². The van der Waals surface area contributed by atoms with E-state index >= 15 is 0 Å². The highest BCUT2D eigenvalue weighted by Gasteiger charge is 2.28. The third-order valence-corrected chi connectivity index (χ3v) is 4.76. The number of methoxy groups -OCH3 is 1. The van der Waals surface area contributed by atoms with E-state index in [0.29, 0.717) is 16.4 Å². The summed E-state index contributed by atoms with van der Waals surface area (Å²) in [6.45, 7) is 3.78. The summed E-state index contributed by atoms with van der Waals surface area (Å²) in [5.74, 6) is 0.476. The van der Waals surface area contributed by atoms with Crippen LogP contribution in [0.2, 0.25) is 0 Å². The summed E-state index contributed by atoms with van der Waals surface area (Å²) in [5.41, 5.74) is 1.56. The predicted octanol–water partition coefficient (Wildman–Crippen LogP) is 4.14. The van der Waals surface area contributed by atoms with Crippen molar-refractivity contribution in [2.45, 2.75) is 19.5 Å². The summed E-state index contributed by atoms with van der Waals surface area (Å²) in [6.07, 6.45) is 0. The molecule has 1 amide bonds. The third-order valence-electron chi connectivity index (χ3n) is 3.79. The van der Waals surface area contributed by atoms with Crippen molar-refractivity contribution in [2.24, 2.45) is 9.98 Å². The molecule has 1 N–H and O–H groups in total. The number of hydrogen-bond acceptors (Lipinski definition) is 5. The van der Waals surface area contributed by atoms with Crippen molar-refractivity contribution in [3.63, 3.8) is 0 Å². The van der Waals surface area contributed by atoms with Crippen LogP contribution < -0.4 is 10.1 Å². The summed E-state index contributed by atoms with van der Waals surface area (Å²) in [7, 11) is 1.59. The summed E-state index contributed by atoms with van der Waals surface area (Å²) in [6, 6.07) is 13.2. The zero-order chi connectivity index (χ0) is 19.4. The highest BCUT2D eigenvalue weighted by molar-refractivity contribution is 8.16. The first kappa shape index (κ1) is 19.1. The molecular formula is C20H20FN3O2S. The molecule has 0 bridgehead atoms. The normalized spacial score (nSPS) is 15.1. The largest absolute Gasteiger partial charge is 0.497 e. The second-order valence-corrected chi connectivity index (χ2v) is 7.41. The van der Waals surface area contributed by atoms with E-state index in [1.807, 2.05) is 13.8 Å². The molecule has 0 fully saturated rings. The fourth-order valence-corrected chi connectivity index (χ4v) is 3.48. The van der Waals surface area contributed by atoms with Gasteiger partial charge in [0.25, 0.3) is 0 Å². The van der Waals surface area contributed by atoms with E-state index < -0.39 is 5.66 Å². The topological polar surface area (TPSA) is 63.0 Å². The number of nitrogens with one attached hydrogen (secondary N) is 1. The number of carbonyl (C=O) groups excluding carboxylic acids is 1. The van der Waals surface area contributed by atoms with Crippen molar-refractivity contribution in [1.82, 2.24) is 0 Å². The lowest BCUT2D eigenvalue weighted by Crippen LogP contribution is -2.17. The highest BCUT2D eigenvalue weighted by Crippen LogP contribution is 2.27. The number of ether oxygens (including phenoxy) is 1. The molecule has 7 heteroatoms. The van der Waals surface area contributed by atoms with E-state index in [4.69, 9.17) is 4.74 Å². The standard InChI is InChI=1S/C20H20FN3O2S/c1-20(2)23-18(13-4-6-14(21)7-5-13)19(24-20)27-12-17(25)22-15-8-10-16(26-3)11-9-15/h4-11H,12H2,1-3H3,(H,22,25). The van der Waals surface area contributed by atoms with Gasteiger partial charge in [0, 0.05) is 11.3 Å². The Hall–Kier alpha value is -2.67. The molecule has 3 rings (SSSR count). The number of hydrogen-bond donors (Lipinski definition) is 1. The van der Waals surface area contributed by atoms with Crippen LogP contribution in [0, 0.1) is 5.82 Å².